The van der Waals surface area contributed by atoms with Crippen molar-refractivity contribution in [1.29, 1.82) is 0 Å². The summed E-state index contributed by atoms with van der Waals surface area (Å²) in [5.74, 6) is 0.946. The van der Waals surface area contributed by atoms with Crippen molar-refractivity contribution in [3.05, 3.63) is 199 Å². The molecule has 4 aromatic carbocycles. The molecule has 4 aliphatic rings. The molecule has 8 rings (SSSR count). The van der Waals surface area contributed by atoms with Crippen LogP contribution in [0.25, 0.3) is 0 Å². The topological polar surface area (TPSA) is 116 Å². The SMILES string of the molecule is C=C(C)/C=C(\NC(C)=O)C1(c2ccc(Cl)cc2)CCC1.C=C(C)C=C(NC(C)=O)C1(c2ccc(Cl)cc2)CCC1.CC(=O)N/C(=C\C(C)C)C1(c2ccc(Cl)cc2)CCC1.CC(=O)NC(CC(C)C)C1(c2ccc(Cl)cc2)CCC1. The summed E-state index contributed by atoms with van der Waals surface area (Å²) in [5, 5.41) is 15.2. The quantitative estimate of drug-likeness (QED) is 0.0788. The second kappa shape index (κ2) is 29.6. The third kappa shape index (κ3) is 17.3. The molecule has 0 saturated heterocycles. The average molecular weight is 1170 g/mol. The van der Waals surface area contributed by atoms with Crippen molar-refractivity contribution < 1.29 is 19.2 Å². The van der Waals surface area contributed by atoms with Gasteiger partial charge < -0.3 is 21.3 Å². The van der Waals surface area contributed by atoms with Crippen LogP contribution in [0.15, 0.2) is 157 Å². The Morgan fingerprint density at radius 1 is 0.450 bits per heavy atom. The Balaban J connectivity index is 0.000000196. The lowest BCUT2D eigenvalue weighted by Gasteiger charge is -2.49. The Kier molecular flexibility index (Phi) is 24.2. The number of carbonyl (C=O) groups excluding carboxylic acids is 4. The van der Waals surface area contributed by atoms with E-state index >= 15 is 0 Å². The molecule has 4 amide bonds. The van der Waals surface area contributed by atoms with Gasteiger partial charge in [-0.2, -0.15) is 0 Å². The van der Waals surface area contributed by atoms with Gasteiger partial charge in [-0.3, -0.25) is 19.2 Å². The number of nitrogens with one attached hydrogen (secondary N) is 4. The lowest BCUT2D eigenvalue weighted by atomic mass is 9.59. The van der Waals surface area contributed by atoms with Gasteiger partial charge in [-0.05, 0) is 166 Å². The van der Waals surface area contributed by atoms with Crippen LogP contribution in [0.5, 0.6) is 0 Å². The monoisotopic (exact) mass is 1160 g/mol. The summed E-state index contributed by atoms with van der Waals surface area (Å²) in [5.41, 5.74) is 9.64. The van der Waals surface area contributed by atoms with Crippen molar-refractivity contribution in [3.8, 4) is 0 Å². The predicted octanol–water partition coefficient (Wildman–Crippen LogP) is 17.5. The summed E-state index contributed by atoms with van der Waals surface area (Å²) < 4.78 is 0. The molecule has 80 heavy (non-hydrogen) atoms. The van der Waals surface area contributed by atoms with Gasteiger partial charge in [0.2, 0.25) is 23.6 Å². The Hall–Kier alpha value is -5.38. The molecule has 0 heterocycles. The minimum atomic E-state index is -0.102. The average Bonchev–Trinajstić information content (AvgIpc) is 3.29. The lowest BCUT2D eigenvalue weighted by Crippen LogP contribution is -2.54. The maximum atomic E-state index is 11.6. The maximum absolute atomic E-state index is 11.6. The summed E-state index contributed by atoms with van der Waals surface area (Å²) in [6.45, 7) is 26.7. The van der Waals surface area contributed by atoms with Crippen molar-refractivity contribution >= 4 is 70.0 Å². The van der Waals surface area contributed by atoms with Gasteiger partial charge in [-0.1, -0.05) is 179 Å². The van der Waals surface area contributed by atoms with Crippen LogP contribution in [0.4, 0.5) is 0 Å². The summed E-state index contributed by atoms with van der Waals surface area (Å²) in [4.78, 5) is 46.1. The normalized spacial score (nSPS) is 17.7. The number of halogens is 4. The Morgan fingerprint density at radius 2 is 0.738 bits per heavy atom. The van der Waals surface area contributed by atoms with E-state index in [0.29, 0.717) is 11.8 Å². The first kappa shape index (κ1) is 65.4. The van der Waals surface area contributed by atoms with E-state index in [1.807, 2.05) is 74.5 Å². The molecule has 0 radical (unpaired) electrons. The Morgan fingerprint density at radius 3 is 0.963 bits per heavy atom. The second-order valence-corrected chi connectivity index (χ2v) is 25.1. The third-order valence-corrected chi connectivity index (χ3v) is 17.0. The fourth-order valence-electron chi connectivity index (χ4n) is 11.7. The molecule has 0 bridgehead atoms. The van der Waals surface area contributed by atoms with Gasteiger partial charge in [0.25, 0.3) is 0 Å². The number of allylic oxidation sites excluding steroid dienone is 8. The van der Waals surface area contributed by atoms with E-state index in [-0.39, 0.29) is 51.3 Å². The van der Waals surface area contributed by atoms with Gasteiger partial charge in [0, 0.05) is 92.6 Å². The fraction of sp³-hybridized carbons (Fsp3) is 0.441. The second-order valence-electron chi connectivity index (χ2n) is 23.4. The first-order valence-corrected chi connectivity index (χ1v) is 29.9. The first-order valence-electron chi connectivity index (χ1n) is 28.4. The highest BCUT2D eigenvalue weighted by atomic mass is 35.5. The molecule has 8 nitrogen and oxygen atoms in total. The molecule has 0 aromatic heterocycles. The molecule has 1 atom stereocenters. The van der Waals surface area contributed by atoms with E-state index in [9.17, 15) is 19.2 Å². The van der Waals surface area contributed by atoms with E-state index in [1.54, 1.807) is 27.7 Å². The molecule has 4 N–H and O–H groups in total. The molecule has 1 unspecified atom stereocenters. The van der Waals surface area contributed by atoms with Crippen molar-refractivity contribution in [2.75, 3.05) is 0 Å². The third-order valence-electron chi connectivity index (χ3n) is 16.0. The van der Waals surface area contributed by atoms with E-state index in [1.165, 1.54) is 35.1 Å². The molecule has 4 fully saturated rings. The zero-order chi connectivity index (χ0) is 59.0. The molecular weight excluding hydrogens is 1080 g/mol. The lowest BCUT2D eigenvalue weighted by molar-refractivity contribution is -0.121. The number of hydrogen-bond acceptors (Lipinski definition) is 4. The van der Waals surface area contributed by atoms with Crippen LogP contribution in [0.1, 0.15) is 175 Å². The summed E-state index contributed by atoms with van der Waals surface area (Å²) >= 11 is 23.9. The number of amides is 4. The van der Waals surface area contributed by atoms with Crippen molar-refractivity contribution in [1.82, 2.24) is 21.3 Å². The van der Waals surface area contributed by atoms with Crippen LogP contribution in [-0.4, -0.2) is 29.7 Å². The van der Waals surface area contributed by atoms with Crippen LogP contribution in [0, 0.1) is 11.8 Å². The van der Waals surface area contributed by atoms with Gasteiger partial charge in [-0.25, -0.2) is 0 Å². The summed E-state index contributed by atoms with van der Waals surface area (Å²) in [6, 6.07) is 32.2. The standard InChI is InChI=1S/C17H24ClNO.C17H22ClNO.2C17H20ClNO/c4*1-12(2)11-16(19-13(3)20)17(9-4-10-17)14-5-7-15(18)8-6-14/h5-8,12,16H,4,9-11H2,1-3H3,(H,19,20);5-8,11-12H,4,9-10H2,1-3H3,(H,19,20);2*5-8,11H,1,4,9-10H2,2-3H3,(H,19,20)/b;2*16-11-;. The minimum absolute atomic E-state index is 0.00265. The number of rotatable bonds is 17. The van der Waals surface area contributed by atoms with E-state index in [2.05, 4.69) is 117 Å². The molecule has 4 aliphatic carbocycles. The fourth-order valence-corrected chi connectivity index (χ4v) is 12.2. The Bertz CT molecular complexity index is 2760. The summed E-state index contributed by atoms with van der Waals surface area (Å²) in [6.07, 6.45) is 20.5. The van der Waals surface area contributed by atoms with Gasteiger partial charge in [0.1, 0.15) is 0 Å². The highest BCUT2D eigenvalue weighted by Crippen LogP contribution is 2.52. The number of hydrogen-bond donors (Lipinski definition) is 4. The molecular formula is C68H86Cl4N4O4. The summed E-state index contributed by atoms with van der Waals surface area (Å²) in [7, 11) is 0. The van der Waals surface area contributed by atoms with Gasteiger partial charge in [-0.15, -0.1) is 0 Å². The Labute approximate surface area is 498 Å². The highest BCUT2D eigenvalue weighted by Gasteiger charge is 2.47. The highest BCUT2D eigenvalue weighted by molar-refractivity contribution is 6.31. The van der Waals surface area contributed by atoms with Crippen LogP contribution in [0.3, 0.4) is 0 Å². The van der Waals surface area contributed by atoms with Gasteiger partial charge in [0.05, 0.1) is 0 Å². The molecule has 4 aromatic rings. The molecule has 0 aliphatic heterocycles. The number of carbonyl (C=O) groups is 4. The van der Waals surface area contributed by atoms with Crippen LogP contribution in [0.2, 0.25) is 20.1 Å². The molecule has 0 spiro atoms. The molecule has 12 heteroatoms. The van der Waals surface area contributed by atoms with Crippen LogP contribution >= 0.6 is 46.4 Å². The largest absolute Gasteiger partial charge is 0.353 e. The number of benzene rings is 4. The van der Waals surface area contributed by atoms with Crippen molar-refractivity contribution in [2.24, 2.45) is 11.8 Å². The minimum Gasteiger partial charge on any atom is -0.353 e. The molecule has 4 saturated carbocycles. The first-order chi connectivity index (χ1) is 37.7. The predicted molar refractivity (Wildman–Crippen MR) is 335 cm³/mol. The van der Waals surface area contributed by atoms with Crippen LogP contribution < -0.4 is 21.3 Å². The molecule has 430 valence electrons. The van der Waals surface area contributed by atoms with Crippen molar-refractivity contribution in [3.63, 3.8) is 0 Å². The van der Waals surface area contributed by atoms with Crippen LogP contribution in [-0.2, 0) is 40.8 Å². The van der Waals surface area contributed by atoms with E-state index in [4.69, 9.17) is 46.4 Å². The zero-order valence-corrected chi connectivity index (χ0v) is 52.0. The smallest absolute Gasteiger partial charge is 0.221 e. The van der Waals surface area contributed by atoms with Gasteiger partial charge >= 0.3 is 0 Å². The van der Waals surface area contributed by atoms with Gasteiger partial charge in [0.15, 0.2) is 0 Å². The van der Waals surface area contributed by atoms with Crippen molar-refractivity contribution in [2.45, 2.75) is 180 Å². The zero-order valence-electron chi connectivity index (χ0n) is 49.0. The van der Waals surface area contributed by atoms with E-state index in [0.717, 1.165) is 119 Å². The maximum Gasteiger partial charge on any atom is 0.221 e. The van der Waals surface area contributed by atoms with E-state index < -0.39 is 0 Å².